The standard InChI is InChI=1S/C12H14ClN.C11H12ClN.C10H10ClN.2C10H8N2.C8H3F4N.6C2H6/c1-12(2,3)9-6-8-4-5-14-11(8)10(13)7-9;1-7(2)9-5-8-3-4-13-11(8)10(12)6-9;1-2-7-5-8-3-4-12-10(8)9(11)6-7;1-7-4-8-2-3-12-10(8)5-9(7)6-11;1-7-4-8-2-3-12-10(8)9(5-7)6-11;9-4-3-1-2-13-8(3)7(12)6(11)5(4)10;6*1-2/h4-7,14H,1-3H3;3-7,13H,1-2H3;3-6,12H,2H2,1H3;2*2-5,12H,1H3;1-2,13H;6*1-2H3. The van der Waals surface area contributed by atoms with Gasteiger partial charge in [0.25, 0.3) is 0 Å². The van der Waals surface area contributed by atoms with E-state index in [0.717, 1.165) is 88.2 Å². The first-order valence-corrected chi connectivity index (χ1v) is 31.4. The van der Waals surface area contributed by atoms with Crippen LogP contribution in [0.2, 0.25) is 15.1 Å². The molecule has 0 saturated heterocycles. The van der Waals surface area contributed by atoms with Crippen molar-refractivity contribution in [1.82, 2.24) is 29.9 Å². The molecule has 0 radical (unpaired) electrons. The van der Waals surface area contributed by atoms with Gasteiger partial charge in [0.05, 0.1) is 59.8 Å². The zero-order chi connectivity index (χ0) is 67.0. The molecule has 0 atom stereocenters. The third kappa shape index (κ3) is 21.2. The van der Waals surface area contributed by atoms with Gasteiger partial charge in [-0.1, -0.05) is 159 Å². The van der Waals surface area contributed by atoms with Crippen molar-refractivity contribution in [1.29, 1.82) is 10.5 Å². The van der Waals surface area contributed by atoms with E-state index in [4.69, 9.17) is 45.3 Å². The zero-order valence-corrected chi connectivity index (χ0v) is 57.3. The lowest BCUT2D eigenvalue weighted by Gasteiger charge is -2.19. The smallest absolute Gasteiger partial charge is 0.199 e. The number of aryl methyl sites for hydroxylation is 3. The van der Waals surface area contributed by atoms with Gasteiger partial charge >= 0.3 is 0 Å². The lowest BCUT2D eigenvalue weighted by atomic mass is 9.86. The molecule has 0 saturated carbocycles. The third-order valence-corrected chi connectivity index (χ3v) is 13.5. The number of fused-ring (bicyclic) bond motifs is 6. The lowest BCUT2D eigenvalue weighted by Crippen LogP contribution is -2.10. The molecule has 88 heavy (non-hydrogen) atoms. The highest BCUT2D eigenvalue weighted by molar-refractivity contribution is 6.36. The number of nitriles is 2. The summed E-state index contributed by atoms with van der Waals surface area (Å²) in [5.41, 5.74) is 12.3. The van der Waals surface area contributed by atoms with Crippen molar-refractivity contribution in [3.8, 4) is 12.1 Å². The molecule has 6 aromatic carbocycles. The van der Waals surface area contributed by atoms with Crippen molar-refractivity contribution in [2.24, 2.45) is 0 Å². The normalized spacial score (nSPS) is 9.89. The van der Waals surface area contributed by atoms with Gasteiger partial charge in [-0.25, -0.2) is 17.6 Å². The summed E-state index contributed by atoms with van der Waals surface area (Å²) in [6, 6.07) is 36.1. The number of aromatic amines is 6. The number of benzene rings is 6. The molecular weight excluding hydrogens is 1170 g/mol. The molecule has 0 amide bonds. The van der Waals surface area contributed by atoms with Crippen molar-refractivity contribution < 1.29 is 17.6 Å². The number of rotatable bonds is 2. The number of hydrogen-bond acceptors (Lipinski definition) is 2. The van der Waals surface area contributed by atoms with E-state index in [1.165, 1.54) is 39.0 Å². The SMILES string of the molecule is CC.CC.CC.CC.CC.CC.CC(C)(C)c1cc(Cl)c2[nH]ccc2c1.CC(C)c1cc(Cl)c2[nH]ccc2c1.CCc1cc(Cl)c2[nH]ccc2c1.Cc1cc(C#N)c2[nH]ccc2c1.Cc1cc2cc[nH]c2cc1C#N.Fc1c(F)c(F)c2[nH]ccc2c1F. The maximum atomic E-state index is 12.9. The average molecular weight is 1260 g/mol. The molecule has 472 valence electrons. The Morgan fingerprint density at radius 1 is 0.443 bits per heavy atom. The Morgan fingerprint density at radius 2 is 0.864 bits per heavy atom. The Balaban J connectivity index is 0.000000510. The summed E-state index contributed by atoms with van der Waals surface area (Å²) in [6.45, 7) is 41.0. The lowest BCUT2D eigenvalue weighted by molar-refractivity contribution is 0.417. The van der Waals surface area contributed by atoms with E-state index in [2.05, 4.69) is 114 Å². The van der Waals surface area contributed by atoms with Crippen LogP contribution in [0.5, 0.6) is 0 Å². The van der Waals surface area contributed by atoms with Crippen LogP contribution in [0.15, 0.2) is 134 Å². The molecular formula is C73H91Cl3F4N8. The Bertz CT molecular complexity index is 4020. The fourth-order valence-corrected chi connectivity index (χ4v) is 9.20. The van der Waals surface area contributed by atoms with Crippen molar-refractivity contribution in [2.45, 2.75) is 156 Å². The summed E-state index contributed by atoms with van der Waals surface area (Å²) in [6.07, 6.45) is 11.7. The Labute approximate surface area is 535 Å². The number of nitrogens with one attached hydrogen (secondary N) is 6. The first kappa shape index (κ1) is 78.1. The molecule has 0 bridgehead atoms. The van der Waals surface area contributed by atoms with Gasteiger partial charge in [-0.15, -0.1) is 0 Å². The van der Waals surface area contributed by atoms with Gasteiger partial charge < -0.3 is 29.9 Å². The molecule has 0 aliphatic carbocycles. The van der Waals surface area contributed by atoms with E-state index in [1.807, 2.05) is 189 Å². The van der Waals surface area contributed by atoms with E-state index in [-0.39, 0.29) is 16.3 Å². The van der Waals surface area contributed by atoms with Crippen molar-refractivity contribution in [3.05, 3.63) is 212 Å². The second kappa shape index (κ2) is 39.8. The molecule has 6 aromatic heterocycles. The molecule has 8 nitrogen and oxygen atoms in total. The van der Waals surface area contributed by atoms with E-state index in [9.17, 15) is 17.6 Å². The Morgan fingerprint density at radius 3 is 1.36 bits per heavy atom. The molecule has 12 aromatic rings. The van der Waals surface area contributed by atoms with Gasteiger partial charge in [0.2, 0.25) is 0 Å². The number of nitrogens with zero attached hydrogens (tertiary/aromatic N) is 2. The highest BCUT2D eigenvalue weighted by atomic mass is 35.5. The van der Waals surface area contributed by atoms with Gasteiger partial charge in [-0.2, -0.15) is 10.5 Å². The van der Waals surface area contributed by atoms with Gasteiger partial charge in [0.1, 0.15) is 6.07 Å². The van der Waals surface area contributed by atoms with E-state index < -0.39 is 23.3 Å². The number of halogens is 7. The minimum absolute atomic E-state index is 0.148. The van der Waals surface area contributed by atoms with E-state index in [0.29, 0.717) is 5.92 Å². The van der Waals surface area contributed by atoms with Crippen LogP contribution in [-0.4, -0.2) is 29.9 Å². The van der Waals surface area contributed by atoms with Crippen LogP contribution >= 0.6 is 34.8 Å². The van der Waals surface area contributed by atoms with Gasteiger partial charge in [0, 0.05) is 69.6 Å². The topological polar surface area (TPSA) is 142 Å². The molecule has 0 aliphatic heterocycles. The highest BCUT2D eigenvalue weighted by Crippen LogP contribution is 2.32. The average Bonchev–Trinajstić information content (AvgIpc) is 4.16. The van der Waals surface area contributed by atoms with Crippen molar-refractivity contribution >= 4 is 100 Å². The fraction of sp³-hybridized carbons (Fsp3) is 0.315. The van der Waals surface area contributed by atoms with Crippen LogP contribution in [0.3, 0.4) is 0 Å². The van der Waals surface area contributed by atoms with Crippen LogP contribution in [0.4, 0.5) is 17.6 Å². The minimum atomic E-state index is -1.80. The van der Waals surface area contributed by atoms with Crippen LogP contribution in [0.25, 0.3) is 65.4 Å². The van der Waals surface area contributed by atoms with Crippen LogP contribution in [0, 0.1) is 59.8 Å². The maximum Gasteiger partial charge on any atom is 0.199 e. The van der Waals surface area contributed by atoms with Gasteiger partial charge in [0.15, 0.2) is 23.3 Å². The largest absolute Gasteiger partial charge is 0.361 e. The number of aromatic nitrogens is 6. The molecule has 15 heteroatoms. The molecule has 0 unspecified atom stereocenters. The maximum absolute atomic E-state index is 12.9. The second-order valence-corrected chi connectivity index (χ2v) is 20.6. The first-order chi connectivity index (χ1) is 42.2. The van der Waals surface area contributed by atoms with Gasteiger partial charge in [-0.05, 0) is 162 Å². The van der Waals surface area contributed by atoms with Crippen LogP contribution < -0.4 is 0 Å². The summed E-state index contributed by atoms with van der Waals surface area (Å²) in [5, 5.41) is 25.5. The zero-order valence-electron chi connectivity index (χ0n) is 55.0. The summed E-state index contributed by atoms with van der Waals surface area (Å²) in [5.74, 6) is -5.84. The molecule has 0 fully saturated rings. The fourth-order valence-electron chi connectivity index (χ4n) is 8.33. The summed E-state index contributed by atoms with van der Waals surface area (Å²) in [4.78, 5) is 17.8. The predicted octanol–water partition coefficient (Wildman–Crippen LogP) is 25.0. The molecule has 6 heterocycles. The summed E-state index contributed by atoms with van der Waals surface area (Å²) >= 11 is 18.3. The summed E-state index contributed by atoms with van der Waals surface area (Å²) in [7, 11) is 0. The van der Waals surface area contributed by atoms with E-state index >= 15 is 0 Å². The van der Waals surface area contributed by atoms with Crippen LogP contribution in [-0.2, 0) is 11.8 Å². The molecule has 6 N–H and O–H groups in total. The predicted molar refractivity (Wildman–Crippen MR) is 374 cm³/mol. The number of H-pyrrole nitrogens is 6. The molecule has 0 aliphatic rings. The molecule has 0 spiro atoms. The molecule has 12 rings (SSSR count). The van der Waals surface area contributed by atoms with E-state index in [1.54, 1.807) is 0 Å². The van der Waals surface area contributed by atoms with Gasteiger partial charge in [-0.3, -0.25) is 0 Å². The van der Waals surface area contributed by atoms with Crippen molar-refractivity contribution in [3.63, 3.8) is 0 Å². The quantitative estimate of drug-likeness (QED) is 0.0583. The highest BCUT2D eigenvalue weighted by Gasteiger charge is 2.21. The second-order valence-electron chi connectivity index (χ2n) is 19.4. The number of hydrogen-bond donors (Lipinski definition) is 6. The van der Waals surface area contributed by atoms with Crippen LogP contribution in [0.1, 0.15) is 169 Å². The summed E-state index contributed by atoms with van der Waals surface area (Å²) < 4.78 is 50.9. The monoisotopic (exact) mass is 1260 g/mol. The minimum Gasteiger partial charge on any atom is -0.361 e. The third-order valence-electron chi connectivity index (χ3n) is 12.6. The first-order valence-electron chi connectivity index (χ1n) is 30.3. The van der Waals surface area contributed by atoms with Crippen molar-refractivity contribution in [2.75, 3.05) is 0 Å². The Kier molecular flexibility index (Phi) is 35.4. The Hall–Kier alpha value is -7.87.